The molecule has 0 aliphatic rings. The van der Waals surface area contributed by atoms with Gasteiger partial charge in [-0.15, -0.1) is 0 Å². The summed E-state index contributed by atoms with van der Waals surface area (Å²) < 4.78 is 5.62. The van der Waals surface area contributed by atoms with E-state index in [2.05, 4.69) is 37.0 Å². The molecule has 4 heteroatoms. The number of hydrogen-bond acceptors (Lipinski definition) is 2. The summed E-state index contributed by atoms with van der Waals surface area (Å²) in [7, 11) is 0. The van der Waals surface area contributed by atoms with Gasteiger partial charge in [0.25, 0.3) is 0 Å². The van der Waals surface area contributed by atoms with E-state index in [1.807, 2.05) is 13.0 Å². The molecule has 0 spiro atoms. The van der Waals surface area contributed by atoms with Gasteiger partial charge in [-0.3, -0.25) is 0 Å². The fourth-order valence-corrected chi connectivity index (χ4v) is 0.968. The molecule has 0 fully saturated rings. The lowest BCUT2D eigenvalue weighted by Crippen LogP contribution is -1.74. The van der Waals surface area contributed by atoms with Crippen molar-refractivity contribution in [3.8, 4) is 0 Å². The van der Waals surface area contributed by atoms with Crippen LogP contribution in [-0.2, 0) is 0 Å². The molecule has 9 heavy (non-hydrogen) atoms. The zero-order valence-electron chi connectivity index (χ0n) is 4.77. The summed E-state index contributed by atoms with van der Waals surface area (Å²) in [5, 5.41) is 3.65. The van der Waals surface area contributed by atoms with Gasteiger partial charge >= 0.3 is 0 Å². The monoisotopic (exact) mass is 253 g/mol. The van der Waals surface area contributed by atoms with E-state index in [0.29, 0.717) is 0 Å². The summed E-state index contributed by atoms with van der Waals surface area (Å²) in [5.74, 6) is 0.835. The second-order valence-electron chi connectivity index (χ2n) is 1.67. The Morgan fingerprint density at radius 3 is 2.67 bits per heavy atom. The van der Waals surface area contributed by atoms with Crippen LogP contribution in [0.25, 0.3) is 0 Å². The van der Waals surface area contributed by atoms with E-state index in [-0.39, 0.29) is 4.83 Å². The topological polar surface area (TPSA) is 26.0 Å². The van der Waals surface area contributed by atoms with E-state index in [0.717, 1.165) is 10.4 Å². The number of aromatic nitrogens is 1. The predicted molar refractivity (Wildman–Crippen MR) is 41.5 cm³/mol. The standard InChI is InChI=1S/C5H5Br2NO/c1-3(6)4-2-5(7)8-9-4/h2-3H,1H3. The van der Waals surface area contributed by atoms with Crippen LogP contribution in [0.3, 0.4) is 0 Å². The summed E-state index contributed by atoms with van der Waals surface area (Å²) in [6.45, 7) is 1.98. The number of rotatable bonds is 1. The van der Waals surface area contributed by atoms with Crippen molar-refractivity contribution in [1.29, 1.82) is 0 Å². The summed E-state index contributed by atoms with van der Waals surface area (Å²) in [5.41, 5.74) is 0. The van der Waals surface area contributed by atoms with Crippen molar-refractivity contribution >= 4 is 31.9 Å². The Morgan fingerprint density at radius 1 is 1.78 bits per heavy atom. The zero-order valence-corrected chi connectivity index (χ0v) is 7.94. The Kier molecular flexibility index (Phi) is 2.29. The van der Waals surface area contributed by atoms with Crippen molar-refractivity contribution in [2.75, 3.05) is 0 Å². The first-order valence-electron chi connectivity index (χ1n) is 2.46. The lowest BCUT2D eigenvalue weighted by molar-refractivity contribution is 0.383. The summed E-state index contributed by atoms with van der Waals surface area (Å²) in [6.07, 6.45) is 0. The van der Waals surface area contributed by atoms with Crippen molar-refractivity contribution in [1.82, 2.24) is 5.16 Å². The molecule has 0 aliphatic heterocycles. The van der Waals surface area contributed by atoms with Gasteiger partial charge in [0.15, 0.2) is 5.76 Å². The van der Waals surface area contributed by atoms with Gasteiger partial charge in [0, 0.05) is 6.07 Å². The second-order valence-corrected chi connectivity index (χ2v) is 3.85. The van der Waals surface area contributed by atoms with Crippen LogP contribution in [0.5, 0.6) is 0 Å². The highest BCUT2D eigenvalue weighted by molar-refractivity contribution is 9.10. The molecule has 2 nitrogen and oxygen atoms in total. The summed E-state index contributed by atoms with van der Waals surface area (Å²) >= 11 is 6.52. The fraction of sp³-hybridized carbons (Fsp3) is 0.400. The van der Waals surface area contributed by atoms with Crippen LogP contribution >= 0.6 is 31.9 Å². The number of alkyl halides is 1. The van der Waals surface area contributed by atoms with Gasteiger partial charge in [-0.1, -0.05) is 21.1 Å². The van der Waals surface area contributed by atoms with Crippen molar-refractivity contribution < 1.29 is 4.52 Å². The van der Waals surface area contributed by atoms with Crippen LogP contribution in [0, 0.1) is 0 Å². The minimum Gasteiger partial charge on any atom is -0.359 e. The van der Waals surface area contributed by atoms with Crippen LogP contribution in [0.4, 0.5) is 0 Å². The maximum Gasteiger partial charge on any atom is 0.151 e. The molecule has 0 amide bonds. The van der Waals surface area contributed by atoms with E-state index in [9.17, 15) is 0 Å². The van der Waals surface area contributed by atoms with Gasteiger partial charge in [0.2, 0.25) is 0 Å². The summed E-state index contributed by atoms with van der Waals surface area (Å²) in [4.78, 5) is 0.233. The lowest BCUT2D eigenvalue weighted by Gasteiger charge is -1.90. The normalized spacial score (nSPS) is 13.7. The van der Waals surface area contributed by atoms with Crippen LogP contribution in [-0.4, -0.2) is 5.16 Å². The van der Waals surface area contributed by atoms with Crippen molar-refractivity contribution in [2.45, 2.75) is 11.8 Å². The van der Waals surface area contributed by atoms with Gasteiger partial charge in [0.05, 0.1) is 4.83 Å². The van der Waals surface area contributed by atoms with Crippen molar-refractivity contribution in [2.24, 2.45) is 0 Å². The number of halogens is 2. The molecule has 0 aliphatic carbocycles. The minimum absolute atomic E-state index is 0.233. The highest BCUT2D eigenvalue weighted by atomic mass is 79.9. The molecule has 0 N–H and O–H groups in total. The third kappa shape index (κ3) is 1.79. The lowest BCUT2D eigenvalue weighted by atomic mass is 10.4. The molecule has 1 aromatic heterocycles. The third-order valence-electron chi connectivity index (χ3n) is 0.892. The Morgan fingerprint density at radius 2 is 2.44 bits per heavy atom. The van der Waals surface area contributed by atoms with Crippen LogP contribution in [0.15, 0.2) is 15.2 Å². The Bertz CT molecular complexity index is 197. The molecule has 0 radical (unpaired) electrons. The molecule has 50 valence electrons. The molecule has 1 atom stereocenters. The first kappa shape index (κ1) is 7.28. The minimum atomic E-state index is 0.233. The fourth-order valence-electron chi connectivity index (χ4n) is 0.454. The maximum absolute atomic E-state index is 4.88. The van der Waals surface area contributed by atoms with Crippen LogP contribution < -0.4 is 0 Å². The SMILES string of the molecule is CC(Br)c1cc(Br)no1. The highest BCUT2D eigenvalue weighted by Gasteiger charge is 2.05. The average Bonchev–Trinajstić information content (AvgIpc) is 2.14. The first-order chi connectivity index (χ1) is 4.20. The number of hydrogen-bond donors (Lipinski definition) is 0. The smallest absolute Gasteiger partial charge is 0.151 e. The zero-order chi connectivity index (χ0) is 6.85. The quantitative estimate of drug-likeness (QED) is 0.721. The van der Waals surface area contributed by atoms with E-state index < -0.39 is 0 Å². The van der Waals surface area contributed by atoms with Gasteiger partial charge in [0.1, 0.15) is 4.60 Å². The van der Waals surface area contributed by atoms with E-state index in [4.69, 9.17) is 4.52 Å². The first-order valence-corrected chi connectivity index (χ1v) is 4.17. The van der Waals surface area contributed by atoms with E-state index in [1.54, 1.807) is 0 Å². The molecular weight excluding hydrogens is 250 g/mol. The maximum atomic E-state index is 4.88. The molecular formula is C5H5Br2NO. The van der Waals surface area contributed by atoms with Crippen molar-refractivity contribution in [3.63, 3.8) is 0 Å². The van der Waals surface area contributed by atoms with Crippen LogP contribution in [0.1, 0.15) is 17.5 Å². The Balaban J connectivity index is 2.85. The molecule has 1 unspecified atom stereocenters. The van der Waals surface area contributed by atoms with E-state index in [1.165, 1.54) is 0 Å². The molecule has 1 aromatic rings. The molecule has 0 bridgehead atoms. The Labute approximate surface area is 69.9 Å². The second kappa shape index (κ2) is 2.84. The Hall–Kier alpha value is 0.170. The van der Waals surface area contributed by atoms with Gasteiger partial charge in [-0.05, 0) is 22.9 Å². The molecule has 0 saturated heterocycles. The van der Waals surface area contributed by atoms with E-state index >= 15 is 0 Å². The molecule has 1 rings (SSSR count). The predicted octanol–water partition coefficient (Wildman–Crippen LogP) is 2.89. The highest BCUT2D eigenvalue weighted by Crippen LogP contribution is 2.23. The van der Waals surface area contributed by atoms with Gasteiger partial charge < -0.3 is 4.52 Å². The van der Waals surface area contributed by atoms with Crippen LogP contribution in [0.2, 0.25) is 0 Å². The van der Waals surface area contributed by atoms with Gasteiger partial charge in [-0.2, -0.15) is 0 Å². The molecule has 0 aromatic carbocycles. The van der Waals surface area contributed by atoms with Crippen molar-refractivity contribution in [3.05, 3.63) is 16.4 Å². The summed E-state index contributed by atoms with van der Waals surface area (Å²) in [6, 6.07) is 1.83. The number of nitrogens with zero attached hydrogens (tertiary/aromatic N) is 1. The van der Waals surface area contributed by atoms with Gasteiger partial charge in [-0.25, -0.2) is 0 Å². The third-order valence-corrected chi connectivity index (χ3v) is 1.72. The average molecular weight is 255 g/mol. The molecule has 0 saturated carbocycles. The molecule has 1 heterocycles. The largest absolute Gasteiger partial charge is 0.359 e.